The molecule has 0 spiro atoms. The maximum Gasteiger partial charge on any atom is 0.123 e. The van der Waals surface area contributed by atoms with E-state index in [0.29, 0.717) is 12.3 Å². The van der Waals surface area contributed by atoms with Gasteiger partial charge in [-0.3, -0.25) is 4.21 Å². The van der Waals surface area contributed by atoms with Crippen LogP contribution in [-0.4, -0.2) is 22.8 Å². The molecule has 0 aliphatic carbocycles. The number of benzene rings is 1. The summed E-state index contributed by atoms with van der Waals surface area (Å²) in [6.45, 7) is 1.41. The molecule has 1 atom stereocenters. The molecule has 0 radical (unpaired) electrons. The Morgan fingerprint density at radius 1 is 1.50 bits per heavy atom. The zero-order chi connectivity index (χ0) is 12.0. The van der Waals surface area contributed by atoms with Crippen LogP contribution in [0.1, 0.15) is 12.0 Å². The number of halogens is 2. The van der Waals surface area contributed by atoms with Crippen LogP contribution in [0.2, 0.25) is 0 Å². The number of hydrogen-bond donors (Lipinski definition) is 1. The monoisotopic (exact) mass is 307 g/mol. The van der Waals surface area contributed by atoms with Crippen molar-refractivity contribution in [3.63, 3.8) is 0 Å². The lowest BCUT2D eigenvalue weighted by atomic mass is 10.2. The largest absolute Gasteiger partial charge is 0.313 e. The van der Waals surface area contributed by atoms with Gasteiger partial charge >= 0.3 is 0 Å². The summed E-state index contributed by atoms with van der Waals surface area (Å²) in [4.78, 5) is 0. The summed E-state index contributed by atoms with van der Waals surface area (Å²) in [7, 11) is -0.731. The SMILES string of the molecule is C[S@@](=O)CCCNCc1cc(F)ccc1Br. The van der Waals surface area contributed by atoms with E-state index in [9.17, 15) is 8.60 Å². The van der Waals surface area contributed by atoms with Crippen molar-refractivity contribution in [3.05, 3.63) is 34.1 Å². The molecule has 1 N–H and O–H groups in total. The Hall–Kier alpha value is -0.260. The summed E-state index contributed by atoms with van der Waals surface area (Å²) in [5, 5.41) is 3.19. The maximum atomic E-state index is 12.9. The molecule has 1 aromatic rings. The number of nitrogens with one attached hydrogen (secondary N) is 1. The first-order valence-corrected chi connectivity index (χ1v) is 7.56. The van der Waals surface area contributed by atoms with E-state index < -0.39 is 10.8 Å². The second kappa shape index (κ2) is 7.14. The smallest absolute Gasteiger partial charge is 0.123 e. The van der Waals surface area contributed by atoms with Crippen molar-refractivity contribution in [1.82, 2.24) is 5.32 Å². The molecule has 90 valence electrons. The summed E-state index contributed by atoms with van der Waals surface area (Å²) in [6, 6.07) is 4.64. The summed E-state index contributed by atoms with van der Waals surface area (Å²) in [6.07, 6.45) is 2.57. The third-order valence-electron chi connectivity index (χ3n) is 2.11. The van der Waals surface area contributed by atoms with Crippen molar-refractivity contribution in [2.24, 2.45) is 0 Å². The van der Waals surface area contributed by atoms with Crippen molar-refractivity contribution >= 4 is 26.7 Å². The lowest BCUT2D eigenvalue weighted by Crippen LogP contribution is -2.17. The topological polar surface area (TPSA) is 29.1 Å². The van der Waals surface area contributed by atoms with Crippen LogP contribution in [0.15, 0.2) is 22.7 Å². The first-order chi connectivity index (χ1) is 7.59. The molecule has 1 aromatic carbocycles. The van der Waals surface area contributed by atoms with Gasteiger partial charge in [0, 0.05) is 33.8 Å². The van der Waals surface area contributed by atoms with Crippen LogP contribution >= 0.6 is 15.9 Å². The van der Waals surface area contributed by atoms with E-state index in [4.69, 9.17) is 0 Å². The molecular formula is C11H15BrFNOS. The van der Waals surface area contributed by atoms with E-state index in [0.717, 1.165) is 23.0 Å². The minimum Gasteiger partial charge on any atom is -0.313 e. The molecule has 0 bridgehead atoms. The summed E-state index contributed by atoms with van der Waals surface area (Å²) in [5.41, 5.74) is 0.901. The molecule has 0 aliphatic rings. The average Bonchev–Trinajstić information content (AvgIpc) is 2.22. The Labute approximate surface area is 106 Å². The Morgan fingerprint density at radius 3 is 2.94 bits per heavy atom. The molecular weight excluding hydrogens is 293 g/mol. The van der Waals surface area contributed by atoms with Crippen LogP contribution in [0.3, 0.4) is 0 Å². The predicted molar refractivity (Wildman–Crippen MR) is 69.4 cm³/mol. The van der Waals surface area contributed by atoms with Gasteiger partial charge in [-0.15, -0.1) is 0 Å². The Balaban J connectivity index is 2.31. The fourth-order valence-corrected chi connectivity index (χ4v) is 2.24. The molecule has 16 heavy (non-hydrogen) atoms. The number of hydrogen-bond acceptors (Lipinski definition) is 2. The minimum absolute atomic E-state index is 0.227. The second-order valence-electron chi connectivity index (χ2n) is 3.54. The first-order valence-electron chi connectivity index (χ1n) is 5.04. The lowest BCUT2D eigenvalue weighted by Gasteiger charge is -2.06. The van der Waals surface area contributed by atoms with Gasteiger partial charge in [-0.25, -0.2) is 4.39 Å². The van der Waals surface area contributed by atoms with Crippen molar-refractivity contribution < 1.29 is 8.60 Å². The highest BCUT2D eigenvalue weighted by Gasteiger charge is 2.01. The lowest BCUT2D eigenvalue weighted by molar-refractivity contribution is 0.618. The number of rotatable bonds is 6. The van der Waals surface area contributed by atoms with Crippen LogP contribution in [0.25, 0.3) is 0 Å². The van der Waals surface area contributed by atoms with E-state index in [-0.39, 0.29) is 5.82 Å². The Bertz CT molecular complexity index is 373. The molecule has 0 saturated carbocycles. The predicted octanol–water partition coefficient (Wildman–Crippen LogP) is 2.45. The zero-order valence-corrected chi connectivity index (χ0v) is 11.5. The molecule has 0 amide bonds. The molecule has 0 fully saturated rings. The highest BCUT2D eigenvalue weighted by Crippen LogP contribution is 2.17. The molecule has 2 nitrogen and oxygen atoms in total. The van der Waals surface area contributed by atoms with Gasteiger partial charge in [-0.1, -0.05) is 15.9 Å². The fourth-order valence-electron chi connectivity index (χ4n) is 1.30. The van der Waals surface area contributed by atoms with Crippen molar-refractivity contribution in [2.45, 2.75) is 13.0 Å². The molecule has 5 heteroatoms. The fraction of sp³-hybridized carbons (Fsp3) is 0.455. The van der Waals surface area contributed by atoms with Crippen LogP contribution in [-0.2, 0) is 17.3 Å². The minimum atomic E-state index is -0.731. The van der Waals surface area contributed by atoms with E-state index in [2.05, 4.69) is 21.2 Å². The van der Waals surface area contributed by atoms with Crippen molar-refractivity contribution in [1.29, 1.82) is 0 Å². The van der Waals surface area contributed by atoms with Crippen molar-refractivity contribution in [3.8, 4) is 0 Å². The van der Waals surface area contributed by atoms with Crippen LogP contribution < -0.4 is 5.32 Å². The van der Waals surface area contributed by atoms with Gasteiger partial charge in [0.1, 0.15) is 5.82 Å². The van der Waals surface area contributed by atoms with Gasteiger partial charge in [0.2, 0.25) is 0 Å². The van der Waals surface area contributed by atoms with Gasteiger partial charge in [0.15, 0.2) is 0 Å². The van der Waals surface area contributed by atoms with E-state index in [1.807, 2.05) is 0 Å². The van der Waals surface area contributed by atoms with E-state index >= 15 is 0 Å². The Kier molecular flexibility index (Phi) is 6.16. The van der Waals surface area contributed by atoms with Crippen LogP contribution in [0, 0.1) is 5.82 Å². The highest BCUT2D eigenvalue weighted by atomic mass is 79.9. The summed E-state index contributed by atoms with van der Waals surface area (Å²) < 4.78 is 24.6. The van der Waals surface area contributed by atoms with Gasteiger partial charge in [0.05, 0.1) is 0 Å². The van der Waals surface area contributed by atoms with Gasteiger partial charge < -0.3 is 5.32 Å². The standard InChI is InChI=1S/C11H15BrFNOS/c1-16(15)6-2-5-14-8-9-7-10(13)3-4-11(9)12/h3-4,7,14H,2,5-6,8H2,1H3/t16-/m1/s1. The summed E-state index contributed by atoms with van der Waals surface area (Å²) in [5.74, 6) is 0.479. The molecule has 1 rings (SSSR count). The Morgan fingerprint density at radius 2 is 2.25 bits per heavy atom. The zero-order valence-electron chi connectivity index (χ0n) is 9.13. The molecule has 0 saturated heterocycles. The normalized spacial score (nSPS) is 12.7. The molecule has 0 unspecified atom stereocenters. The average molecular weight is 308 g/mol. The van der Waals surface area contributed by atoms with Gasteiger partial charge in [-0.05, 0) is 36.7 Å². The molecule has 0 aromatic heterocycles. The molecule has 0 aliphatic heterocycles. The van der Waals surface area contributed by atoms with Crippen LogP contribution in [0.4, 0.5) is 4.39 Å². The molecule has 0 heterocycles. The summed E-state index contributed by atoms with van der Waals surface area (Å²) >= 11 is 3.37. The third-order valence-corrected chi connectivity index (χ3v) is 3.75. The second-order valence-corrected chi connectivity index (χ2v) is 5.95. The highest BCUT2D eigenvalue weighted by molar-refractivity contribution is 9.10. The van der Waals surface area contributed by atoms with Crippen LogP contribution in [0.5, 0.6) is 0 Å². The van der Waals surface area contributed by atoms with Gasteiger partial charge in [-0.2, -0.15) is 0 Å². The van der Waals surface area contributed by atoms with Crippen molar-refractivity contribution in [2.75, 3.05) is 18.6 Å². The quantitative estimate of drug-likeness (QED) is 0.818. The first kappa shape index (κ1) is 13.8. The van der Waals surface area contributed by atoms with E-state index in [1.54, 1.807) is 12.3 Å². The van der Waals surface area contributed by atoms with Gasteiger partial charge in [0.25, 0.3) is 0 Å². The maximum absolute atomic E-state index is 12.9. The van der Waals surface area contributed by atoms with E-state index in [1.165, 1.54) is 12.1 Å². The third kappa shape index (κ3) is 5.18.